The summed E-state index contributed by atoms with van der Waals surface area (Å²) < 4.78 is 0. The molecule has 1 heterocycles. The van der Waals surface area contributed by atoms with Gasteiger partial charge in [0.25, 0.3) is 0 Å². The van der Waals surface area contributed by atoms with Crippen molar-refractivity contribution in [2.75, 3.05) is 19.6 Å². The van der Waals surface area contributed by atoms with Crippen molar-refractivity contribution in [1.82, 2.24) is 4.90 Å². The third-order valence-corrected chi connectivity index (χ3v) is 3.51. The largest absolute Gasteiger partial charge is 0.303 e. The molecule has 0 aliphatic carbocycles. The van der Waals surface area contributed by atoms with Crippen LogP contribution in [0.5, 0.6) is 0 Å². The Balaban J connectivity index is 2.16. The Hall–Kier alpha value is -0.0400. The number of nitrogens with zero attached hydrogens (tertiary/aromatic N) is 1. The van der Waals surface area contributed by atoms with Crippen LogP contribution in [0.3, 0.4) is 0 Å². The summed E-state index contributed by atoms with van der Waals surface area (Å²) in [6.07, 6.45) is 9.93. The van der Waals surface area contributed by atoms with Crippen LogP contribution in [0.2, 0.25) is 0 Å². The molecule has 0 amide bonds. The summed E-state index contributed by atoms with van der Waals surface area (Å²) >= 11 is 0. The molecule has 1 unspecified atom stereocenters. The van der Waals surface area contributed by atoms with Crippen LogP contribution in [0, 0.1) is 5.92 Å². The van der Waals surface area contributed by atoms with Crippen LogP contribution in [-0.2, 0) is 0 Å². The molecule has 0 saturated carbocycles. The maximum Gasteiger partial charge on any atom is 0.000955 e. The van der Waals surface area contributed by atoms with Gasteiger partial charge in [0.2, 0.25) is 0 Å². The fourth-order valence-electron chi connectivity index (χ4n) is 2.42. The number of hydrogen-bond donors (Lipinski definition) is 0. The van der Waals surface area contributed by atoms with Gasteiger partial charge in [0, 0.05) is 6.54 Å². The maximum atomic E-state index is 2.69. The fraction of sp³-hybridized carbons (Fsp3) is 1.00. The predicted molar refractivity (Wildman–Crippen MR) is 63.6 cm³/mol. The maximum absolute atomic E-state index is 2.69. The van der Waals surface area contributed by atoms with Crippen molar-refractivity contribution < 1.29 is 0 Å². The van der Waals surface area contributed by atoms with Gasteiger partial charge in [-0.1, -0.05) is 39.5 Å². The predicted octanol–water partition coefficient (Wildman–Crippen LogP) is 3.69. The molecule has 1 heteroatoms. The van der Waals surface area contributed by atoms with Crippen molar-refractivity contribution in [3.8, 4) is 0 Å². The van der Waals surface area contributed by atoms with Gasteiger partial charge in [0.1, 0.15) is 0 Å². The molecule has 0 spiro atoms. The third kappa shape index (κ3) is 4.45. The molecule has 1 atom stereocenters. The first-order chi connectivity index (χ1) is 6.86. The van der Waals surface area contributed by atoms with E-state index in [1.165, 1.54) is 64.6 Å². The smallest absolute Gasteiger partial charge is 0.000955 e. The molecule has 1 nitrogen and oxygen atoms in total. The lowest BCUT2D eigenvalue weighted by Crippen LogP contribution is -2.34. The fourth-order valence-corrected chi connectivity index (χ4v) is 2.42. The van der Waals surface area contributed by atoms with Crippen LogP contribution >= 0.6 is 0 Å². The molecule has 0 aromatic heterocycles. The average molecular weight is 197 g/mol. The van der Waals surface area contributed by atoms with E-state index >= 15 is 0 Å². The summed E-state index contributed by atoms with van der Waals surface area (Å²) in [6.45, 7) is 8.75. The lowest BCUT2D eigenvalue weighted by atomic mass is 9.97. The van der Waals surface area contributed by atoms with Crippen molar-refractivity contribution in [2.45, 2.75) is 58.8 Å². The normalized spacial score (nSPS) is 21.0. The highest BCUT2D eigenvalue weighted by Crippen LogP contribution is 2.17. The molecule has 0 radical (unpaired) electrons. The quantitative estimate of drug-likeness (QED) is 0.628. The molecular formula is C13H27N. The van der Waals surface area contributed by atoms with E-state index in [2.05, 4.69) is 18.7 Å². The topological polar surface area (TPSA) is 3.24 Å². The lowest BCUT2D eigenvalue weighted by Gasteiger charge is -2.30. The summed E-state index contributed by atoms with van der Waals surface area (Å²) in [4.78, 5) is 2.69. The van der Waals surface area contributed by atoms with E-state index in [-0.39, 0.29) is 0 Å². The van der Waals surface area contributed by atoms with Gasteiger partial charge in [0.15, 0.2) is 0 Å². The van der Waals surface area contributed by atoms with Gasteiger partial charge in [-0.2, -0.15) is 0 Å². The minimum absolute atomic E-state index is 0.966. The van der Waals surface area contributed by atoms with Gasteiger partial charge < -0.3 is 4.90 Å². The third-order valence-electron chi connectivity index (χ3n) is 3.51. The van der Waals surface area contributed by atoms with E-state index in [1.54, 1.807) is 0 Å². The summed E-state index contributed by atoms with van der Waals surface area (Å²) in [5, 5.41) is 0. The number of piperidine rings is 1. The highest BCUT2D eigenvalue weighted by molar-refractivity contribution is 4.69. The van der Waals surface area contributed by atoms with E-state index in [1.807, 2.05) is 0 Å². The highest BCUT2D eigenvalue weighted by atomic mass is 15.1. The Morgan fingerprint density at radius 1 is 1.07 bits per heavy atom. The van der Waals surface area contributed by atoms with Crippen molar-refractivity contribution >= 4 is 0 Å². The van der Waals surface area contributed by atoms with Crippen molar-refractivity contribution in [2.24, 2.45) is 5.92 Å². The van der Waals surface area contributed by atoms with Crippen LogP contribution in [-0.4, -0.2) is 24.5 Å². The van der Waals surface area contributed by atoms with Crippen molar-refractivity contribution in [3.05, 3.63) is 0 Å². The molecule has 0 N–H and O–H groups in total. The first kappa shape index (κ1) is 12.0. The Morgan fingerprint density at radius 2 is 1.79 bits per heavy atom. The molecule has 0 aromatic carbocycles. The van der Waals surface area contributed by atoms with Gasteiger partial charge in [-0.3, -0.25) is 0 Å². The summed E-state index contributed by atoms with van der Waals surface area (Å²) in [7, 11) is 0. The zero-order valence-electron chi connectivity index (χ0n) is 10.1. The van der Waals surface area contributed by atoms with Gasteiger partial charge in [-0.25, -0.2) is 0 Å². The molecule has 0 bridgehead atoms. The number of unbranched alkanes of at least 4 members (excludes halogenated alkanes) is 1. The average Bonchev–Trinajstić information content (AvgIpc) is 2.25. The Morgan fingerprint density at radius 3 is 2.36 bits per heavy atom. The van der Waals surface area contributed by atoms with E-state index in [0.717, 1.165) is 5.92 Å². The number of hydrogen-bond acceptors (Lipinski definition) is 1. The first-order valence-electron chi connectivity index (χ1n) is 6.59. The zero-order valence-corrected chi connectivity index (χ0v) is 10.1. The monoisotopic (exact) mass is 197 g/mol. The molecule has 1 saturated heterocycles. The second-order valence-corrected chi connectivity index (χ2v) is 4.78. The van der Waals surface area contributed by atoms with E-state index < -0.39 is 0 Å². The Kier molecular flexibility index (Phi) is 6.25. The second kappa shape index (κ2) is 7.28. The Bertz CT molecular complexity index is 127. The van der Waals surface area contributed by atoms with Crippen LogP contribution in [0.1, 0.15) is 58.8 Å². The van der Waals surface area contributed by atoms with Gasteiger partial charge in [0.05, 0.1) is 0 Å². The van der Waals surface area contributed by atoms with Crippen LogP contribution in [0.25, 0.3) is 0 Å². The molecule has 1 aliphatic heterocycles. The minimum Gasteiger partial charge on any atom is -0.303 e. The standard InChI is InChI=1S/C13H27N/c1-3-5-9-13(4-2)12-14-10-7-6-8-11-14/h13H,3-12H2,1-2H3. The SMILES string of the molecule is CCCCC(CC)CN1CCCCC1. The van der Waals surface area contributed by atoms with Crippen LogP contribution in [0.15, 0.2) is 0 Å². The molecule has 84 valence electrons. The van der Waals surface area contributed by atoms with Crippen molar-refractivity contribution in [1.29, 1.82) is 0 Å². The molecular weight excluding hydrogens is 170 g/mol. The molecule has 14 heavy (non-hydrogen) atoms. The summed E-state index contributed by atoms with van der Waals surface area (Å²) in [6, 6.07) is 0. The minimum atomic E-state index is 0.966. The van der Waals surface area contributed by atoms with Gasteiger partial charge in [-0.05, 0) is 38.3 Å². The van der Waals surface area contributed by atoms with E-state index in [4.69, 9.17) is 0 Å². The molecule has 1 rings (SSSR count). The summed E-state index contributed by atoms with van der Waals surface area (Å²) in [5.74, 6) is 0.966. The molecule has 1 fully saturated rings. The van der Waals surface area contributed by atoms with Gasteiger partial charge >= 0.3 is 0 Å². The highest BCUT2D eigenvalue weighted by Gasteiger charge is 2.14. The van der Waals surface area contributed by atoms with E-state index in [9.17, 15) is 0 Å². The van der Waals surface area contributed by atoms with Gasteiger partial charge in [-0.15, -0.1) is 0 Å². The molecule has 0 aromatic rings. The second-order valence-electron chi connectivity index (χ2n) is 4.78. The number of likely N-dealkylation sites (tertiary alicyclic amines) is 1. The Labute approximate surface area is 89.9 Å². The first-order valence-corrected chi connectivity index (χ1v) is 6.59. The summed E-state index contributed by atoms with van der Waals surface area (Å²) in [5.41, 5.74) is 0. The zero-order chi connectivity index (χ0) is 10.2. The lowest BCUT2D eigenvalue weighted by molar-refractivity contribution is 0.187. The van der Waals surface area contributed by atoms with Crippen LogP contribution in [0.4, 0.5) is 0 Å². The molecule has 1 aliphatic rings. The van der Waals surface area contributed by atoms with E-state index in [0.29, 0.717) is 0 Å². The number of rotatable bonds is 6. The van der Waals surface area contributed by atoms with Crippen LogP contribution < -0.4 is 0 Å². The van der Waals surface area contributed by atoms with Crippen molar-refractivity contribution in [3.63, 3.8) is 0 Å².